The summed E-state index contributed by atoms with van der Waals surface area (Å²) in [4.78, 5) is 24.9. The number of esters is 1. The van der Waals surface area contributed by atoms with Gasteiger partial charge in [0.25, 0.3) is 0 Å². The van der Waals surface area contributed by atoms with Crippen LogP contribution in [0.1, 0.15) is 29.7 Å². The minimum absolute atomic E-state index is 0.0628. The third-order valence-corrected chi connectivity index (χ3v) is 4.09. The Labute approximate surface area is 148 Å². The van der Waals surface area contributed by atoms with Crippen molar-refractivity contribution in [1.29, 1.82) is 0 Å². The van der Waals surface area contributed by atoms with Gasteiger partial charge in [0.2, 0.25) is 5.88 Å². The Hall–Kier alpha value is -2.73. The molecule has 1 atom stereocenters. The summed E-state index contributed by atoms with van der Waals surface area (Å²) in [7, 11) is 0. The van der Waals surface area contributed by atoms with E-state index in [0.29, 0.717) is 16.3 Å². The number of rotatable bonds is 3. The number of benzene rings is 1. The third-order valence-electron chi connectivity index (χ3n) is 3.83. The average molecular weight is 362 g/mol. The largest absolute Gasteiger partial charge is 0.462 e. The first kappa shape index (κ1) is 17.1. The molecule has 2 N–H and O–H groups in total. The summed E-state index contributed by atoms with van der Waals surface area (Å²) < 4.78 is 15.8. The highest BCUT2D eigenvalue weighted by Crippen LogP contribution is 2.41. The lowest BCUT2D eigenvalue weighted by Gasteiger charge is -2.27. The van der Waals surface area contributed by atoms with Gasteiger partial charge in [0, 0.05) is 11.1 Å². The minimum atomic E-state index is -0.767. The van der Waals surface area contributed by atoms with Gasteiger partial charge in [-0.05, 0) is 31.5 Å². The van der Waals surface area contributed by atoms with Gasteiger partial charge in [-0.3, -0.25) is 0 Å². The molecule has 3 rings (SSSR count). The van der Waals surface area contributed by atoms with E-state index in [4.69, 9.17) is 31.2 Å². The van der Waals surface area contributed by atoms with Crippen molar-refractivity contribution in [3.63, 3.8) is 0 Å². The number of carbonyl (C=O) groups excluding carboxylic acids is 1. The molecule has 0 saturated heterocycles. The van der Waals surface area contributed by atoms with Gasteiger partial charge >= 0.3 is 11.6 Å². The third kappa shape index (κ3) is 3.13. The maximum absolute atomic E-state index is 12.5. The van der Waals surface area contributed by atoms with Crippen LogP contribution in [0, 0.1) is 6.92 Å². The molecule has 0 saturated carbocycles. The lowest BCUT2D eigenvalue weighted by molar-refractivity contribution is -0.139. The average Bonchev–Trinajstić information content (AvgIpc) is 2.54. The van der Waals surface area contributed by atoms with E-state index < -0.39 is 17.5 Å². The first-order valence-corrected chi connectivity index (χ1v) is 8.05. The summed E-state index contributed by atoms with van der Waals surface area (Å²) in [5, 5.41) is 0.529. The van der Waals surface area contributed by atoms with Gasteiger partial charge < -0.3 is 19.6 Å². The zero-order chi connectivity index (χ0) is 18.1. The van der Waals surface area contributed by atoms with E-state index >= 15 is 0 Å². The fraction of sp³-hybridized carbons (Fsp3) is 0.222. The molecule has 0 spiro atoms. The highest BCUT2D eigenvalue weighted by molar-refractivity contribution is 6.30. The van der Waals surface area contributed by atoms with Crippen molar-refractivity contribution in [1.82, 2.24) is 0 Å². The molecule has 0 bridgehead atoms. The van der Waals surface area contributed by atoms with Crippen molar-refractivity contribution in [3.8, 4) is 5.75 Å². The SMILES string of the molecule is CCOC(=O)C1=C(N)Oc2cc(C)oc(=O)c2C1c1ccc(Cl)cc1. The fourth-order valence-corrected chi connectivity index (χ4v) is 2.94. The second-order valence-electron chi connectivity index (χ2n) is 5.51. The van der Waals surface area contributed by atoms with Crippen molar-refractivity contribution in [2.75, 3.05) is 6.61 Å². The highest BCUT2D eigenvalue weighted by Gasteiger charge is 2.38. The van der Waals surface area contributed by atoms with E-state index in [1.165, 1.54) is 0 Å². The van der Waals surface area contributed by atoms with Crippen LogP contribution in [0.3, 0.4) is 0 Å². The number of hydrogen-bond acceptors (Lipinski definition) is 6. The van der Waals surface area contributed by atoms with Gasteiger partial charge in [0.05, 0.1) is 18.1 Å². The number of carbonyl (C=O) groups is 1. The van der Waals surface area contributed by atoms with E-state index in [2.05, 4.69) is 0 Å². The molecule has 130 valence electrons. The standard InChI is InChI=1S/C18H16ClNO5/c1-3-23-17(21)15-13(10-4-6-11(19)7-5-10)14-12(25-16(15)20)8-9(2)24-18(14)22/h4-8,13H,3,20H2,1-2H3. The van der Waals surface area contributed by atoms with E-state index in [0.717, 1.165) is 0 Å². The number of aryl methyl sites for hydroxylation is 1. The first-order valence-electron chi connectivity index (χ1n) is 7.67. The van der Waals surface area contributed by atoms with Crippen LogP contribution < -0.4 is 16.1 Å². The molecule has 0 radical (unpaired) electrons. The summed E-state index contributed by atoms with van der Waals surface area (Å²) in [5.74, 6) is -0.872. The lowest BCUT2D eigenvalue weighted by Crippen LogP contribution is -2.31. The van der Waals surface area contributed by atoms with Gasteiger partial charge in [-0.25, -0.2) is 9.59 Å². The topological polar surface area (TPSA) is 91.8 Å². The van der Waals surface area contributed by atoms with Crippen LogP contribution in [0.5, 0.6) is 5.75 Å². The maximum atomic E-state index is 12.5. The van der Waals surface area contributed by atoms with Gasteiger partial charge in [0.15, 0.2) is 0 Å². The molecule has 2 heterocycles. The Balaban J connectivity index is 2.26. The van der Waals surface area contributed by atoms with Crippen molar-refractivity contribution >= 4 is 17.6 Å². The van der Waals surface area contributed by atoms with Gasteiger partial charge in [0.1, 0.15) is 17.1 Å². The Morgan fingerprint density at radius 2 is 2.00 bits per heavy atom. The smallest absolute Gasteiger partial charge is 0.343 e. The summed E-state index contributed by atoms with van der Waals surface area (Å²) in [5.41, 5.74) is 6.30. The molecule has 1 aromatic heterocycles. The molecule has 1 unspecified atom stereocenters. The van der Waals surface area contributed by atoms with E-state index in [-0.39, 0.29) is 29.4 Å². The van der Waals surface area contributed by atoms with E-state index in [9.17, 15) is 9.59 Å². The van der Waals surface area contributed by atoms with Crippen molar-refractivity contribution in [2.24, 2.45) is 5.73 Å². The van der Waals surface area contributed by atoms with Gasteiger partial charge in [-0.15, -0.1) is 0 Å². The minimum Gasteiger partial charge on any atom is -0.462 e. The van der Waals surface area contributed by atoms with E-state index in [1.807, 2.05) is 0 Å². The normalized spacial score (nSPS) is 16.2. The Morgan fingerprint density at radius 3 is 2.64 bits per heavy atom. The number of hydrogen-bond donors (Lipinski definition) is 1. The number of fused-ring (bicyclic) bond motifs is 1. The molecular formula is C18H16ClNO5. The Kier molecular flexibility index (Phi) is 4.55. The van der Waals surface area contributed by atoms with Crippen LogP contribution in [0.4, 0.5) is 0 Å². The highest BCUT2D eigenvalue weighted by atomic mass is 35.5. The molecule has 25 heavy (non-hydrogen) atoms. The van der Waals surface area contributed by atoms with Crippen molar-refractivity contribution in [3.05, 3.63) is 74.1 Å². The monoisotopic (exact) mass is 361 g/mol. The van der Waals surface area contributed by atoms with Crippen molar-refractivity contribution in [2.45, 2.75) is 19.8 Å². The predicted molar refractivity (Wildman–Crippen MR) is 91.5 cm³/mol. The molecule has 7 heteroatoms. The quantitative estimate of drug-likeness (QED) is 0.845. The molecule has 1 aliphatic rings. The van der Waals surface area contributed by atoms with Crippen LogP contribution in [-0.4, -0.2) is 12.6 Å². The van der Waals surface area contributed by atoms with Gasteiger partial charge in [-0.1, -0.05) is 23.7 Å². The van der Waals surface area contributed by atoms with Crippen LogP contribution in [0.2, 0.25) is 5.02 Å². The molecular weight excluding hydrogens is 346 g/mol. The summed E-state index contributed by atoms with van der Waals surface area (Å²) in [6.07, 6.45) is 0. The summed E-state index contributed by atoms with van der Waals surface area (Å²) in [6, 6.07) is 8.33. The predicted octanol–water partition coefficient (Wildman–Crippen LogP) is 2.86. The lowest BCUT2D eigenvalue weighted by atomic mass is 9.84. The molecule has 2 aromatic rings. The number of ether oxygens (including phenoxy) is 2. The van der Waals surface area contributed by atoms with Crippen LogP contribution in [0.15, 0.2) is 51.0 Å². The zero-order valence-electron chi connectivity index (χ0n) is 13.7. The van der Waals surface area contributed by atoms with Crippen molar-refractivity contribution < 1.29 is 18.7 Å². The van der Waals surface area contributed by atoms with Gasteiger partial charge in [-0.2, -0.15) is 0 Å². The second-order valence-corrected chi connectivity index (χ2v) is 5.94. The van der Waals surface area contributed by atoms with E-state index in [1.54, 1.807) is 44.2 Å². The number of halogens is 1. The molecule has 0 fully saturated rings. The van der Waals surface area contributed by atoms with Crippen LogP contribution in [-0.2, 0) is 9.53 Å². The molecule has 1 aromatic carbocycles. The summed E-state index contributed by atoms with van der Waals surface area (Å²) in [6.45, 7) is 3.47. The second kappa shape index (κ2) is 6.64. The molecule has 6 nitrogen and oxygen atoms in total. The number of nitrogens with two attached hydrogens (primary N) is 1. The van der Waals surface area contributed by atoms with Crippen LogP contribution in [0.25, 0.3) is 0 Å². The maximum Gasteiger partial charge on any atom is 0.343 e. The fourth-order valence-electron chi connectivity index (χ4n) is 2.81. The summed E-state index contributed by atoms with van der Waals surface area (Å²) >= 11 is 5.95. The molecule has 0 amide bonds. The first-order chi connectivity index (χ1) is 11.9. The Bertz CT molecular complexity index is 914. The molecule has 1 aliphatic heterocycles. The van der Waals surface area contributed by atoms with Crippen LogP contribution >= 0.6 is 11.6 Å². The molecule has 0 aliphatic carbocycles. The zero-order valence-corrected chi connectivity index (χ0v) is 14.4. The Morgan fingerprint density at radius 1 is 1.32 bits per heavy atom.